The van der Waals surface area contributed by atoms with Crippen LogP contribution >= 0.6 is 0 Å². The normalized spacial score (nSPS) is 17.0. The summed E-state index contributed by atoms with van der Waals surface area (Å²) in [7, 11) is 0. The van der Waals surface area contributed by atoms with Gasteiger partial charge in [-0.05, 0) is 18.6 Å². The van der Waals surface area contributed by atoms with Crippen LogP contribution < -0.4 is 20.7 Å². The Labute approximate surface area is 122 Å². The van der Waals surface area contributed by atoms with Crippen LogP contribution in [0.1, 0.15) is 12.8 Å². The summed E-state index contributed by atoms with van der Waals surface area (Å²) in [5.41, 5.74) is 0. The molecule has 7 nitrogen and oxygen atoms in total. The summed E-state index contributed by atoms with van der Waals surface area (Å²) in [6.45, 7) is 0.610. The van der Waals surface area contributed by atoms with Gasteiger partial charge in [0.2, 0.25) is 5.91 Å². The molecule has 0 radical (unpaired) electrons. The van der Waals surface area contributed by atoms with Crippen molar-refractivity contribution in [2.75, 3.05) is 13.2 Å². The Morgan fingerprint density at radius 2 is 2.00 bits per heavy atom. The number of benzene rings is 1. The van der Waals surface area contributed by atoms with Crippen LogP contribution in [0.2, 0.25) is 0 Å². The Bertz CT molecular complexity index is 518. The molecule has 4 amide bonds. The Morgan fingerprint density at radius 3 is 2.67 bits per heavy atom. The highest BCUT2D eigenvalue weighted by atomic mass is 16.5. The topological polar surface area (TPSA) is 96.5 Å². The summed E-state index contributed by atoms with van der Waals surface area (Å²) in [6, 6.07) is 8.17. The smallest absolute Gasteiger partial charge is 0.322 e. The van der Waals surface area contributed by atoms with E-state index in [0.717, 1.165) is 5.75 Å². The van der Waals surface area contributed by atoms with Crippen molar-refractivity contribution in [1.29, 1.82) is 0 Å². The summed E-state index contributed by atoms with van der Waals surface area (Å²) in [5.74, 6) is 0.202. The maximum absolute atomic E-state index is 11.6. The van der Waals surface area contributed by atoms with Crippen molar-refractivity contribution < 1.29 is 19.1 Å². The zero-order valence-corrected chi connectivity index (χ0v) is 11.4. The second kappa shape index (κ2) is 7.28. The molecule has 2 rings (SSSR count). The van der Waals surface area contributed by atoms with Crippen molar-refractivity contribution in [3.63, 3.8) is 0 Å². The molecule has 1 aromatic rings. The Balaban J connectivity index is 1.58. The van der Waals surface area contributed by atoms with Crippen molar-refractivity contribution in [2.24, 2.45) is 0 Å². The molecule has 1 fully saturated rings. The van der Waals surface area contributed by atoms with E-state index < -0.39 is 12.1 Å². The van der Waals surface area contributed by atoms with E-state index >= 15 is 0 Å². The fourth-order valence-electron chi connectivity index (χ4n) is 1.88. The Morgan fingerprint density at radius 1 is 1.24 bits per heavy atom. The molecule has 112 valence electrons. The molecule has 0 bridgehead atoms. The van der Waals surface area contributed by atoms with Crippen molar-refractivity contribution in [2.45, 2.75) is 18.9 Å². The molecule has 21 heavy (non-hydrogen) atoms. The van der Waals surface area contributed by atoms with Gasteiger partial charge in [-0.15, -0.1) is 0 Å². The van der Waals surface area contributed by atoms with Gasteiger partial charge in [-0.1, -0.05) is 18.2 Å². The lowest BCUT2D eigenvalue weighted by Gasteiger charge is -2.09. The minimum Gasteiger partial charge on any atom is -0.493 e. The number of hydrogen-bond donors (Lipinski definition) is 3. The number of rotatable bonds is 7. The van der Waals surface area contributed by atoms with Gasteiger partial charge in [0.25, 0.3) is 5.91 Å². The van der Waals surface area contributed by atoms with Crippen molar-refractivity contribution >= 4 is 17.8 Å². The molecule has 1 aliphatic heterocycles. The molecular weight excluding hydrogens is 274 g/mol. The maximum Gasteiger partial charge on any atom is 0.322 e. The molecule has 1 heterocycles. The molecule has 0 aromatic heterocycles. The standard InChI is InChI=1S/C14H17N3O4/c18-12(7-9-21-10-4-2-1-3-5-10)15-8-6-11-13(19)17-14(20)16-11/h1-5,11H,6-9H2,(H,15,18)(H2,16,17,19,20). The number of urea groups is 1. The van der Waals surface area contributed by atoms with Gasteiger partial charge in [0.05, 0.1) is 13.0 Å². The fourth-order valence-corrected chi connectivity index (χ4v) is 1.88. The van der Waals surface area contributed by atoms with Gasteiger partial charge in [-0.2, -0.15) is 0 Å². The van der Waals surface area contributed by atoms with Gasteiger partial charge in [-0.25, -0.2) is 4.79 Å². The SMILES string of the molecule is O=C(CCOc1ccccc1)NCCC1NC(=O)NC1=O. The van der Waals surface area contributed by atoms with E-state index in [1.54, 1.807) is 0 Å². The zero-order valence-electron chi connectivity index (χ0n) is 11.4. The van der Waals surface area contributed by atoms with Crippen LogP contribution in [0.25, 0.3) is 0 Å². The number of imide groups is 1. The highest BCUT2D eigenvalue weighted by Crippen LogP contribution is 2.08. The first-order valence-corrected chi connectivity index (χ1v) is 6.71. The average Bonchev–Trinajstić information content (AvgIpc) is 2.78. The van der Waals surface area contributed by atoms with Crippen LogP contribution in [-0.2, 0) is 9.59 Å². The summed E-state index contributed by atoms with van der Waals surface area (Å²) in [4.78, 5) is 33.7. The second-order valence-corrected chi connectivity index (χ2v) is 4.57. The van der Waals surface area contributed by atoms with E-state index in [1.807, 2.05) is 30.3 Å². The first kappa shape index (κ1) is 14.8. The summed E-state index contributed by atoms with van der Waals surface area (Å²) < 4.78 is 5.41. The van der Waals surface area contributed by atoms with Crippen LogP contribution in [0, 0.1) is 0 Å². The van der Waals surface area contributed by atoms with Gasteiger partial charge in [0.15, 0.2) is 0 Å². The van der Waals surface area contributed by atoms with E-state index in [0.29, 0.717) is 13.0 Å². The third-order valence-electron chi connectivity index (χ3n) is 2.95. The fraction of sp³-hybridized carbons (Fsp3) is 0.357. The van der Waals surface area contributed by atoms with Crippen LogP contribution in [-0.4, -0.2) is 37.0 Å². The van der Waals surface area contributed by atoms with Crippen molar-refractivity contribution in [3.05, 3.63) is 30.3 Å². The predicted molar refractivity (Wildman–Crippen MR) is 74.6 cm³/mol. The summed E-state index contributed by atoms with van der Waals surface area (Å²) in [5, 5.41) is 7.28. The number of hydrogen-bond acceptors (Lipinski definition) is 4. The summed E-state index contributed by atoms with van der Waals surface area (Å²) >= 11 is 0. The largest absolute Gasteiger partial charge is 0.493 e. The van der Waals surface area contributed by atoms with Crippen LogP contribution in [0.3, 0.4) is 0 Å². The van der Waals surface area contributed by atoms with E-state index in [2.05, 4.69) is 16.0 Å². The molecule has 1 atom stereocenters. The molecule has 3 N–H and O–H groups in total. The van der Waals surface area contributed by atoms with Crippen LogP contribution in [0.5, 0.6) is 5.75 Å². The lowest BCUT2D eigenvalue weighted by Crippen LogP contribution is -2.34. The molecule has 0 spiro atoms. The predicted octanol–water partition coefficient (Wildman–Crippen LogP) is 0.170. The quantitative estimate of drug-likeness (QED) is 0.624. The first-order valence-electron chi connectivity index (χ1n) is 6.71. The second-order valence-electron chi connectivity index (χ2n) is 4.57. The van der Waals surface area contributed by atoms with E-state index in [1.165, 1.54) is 0 Å². The van der Waals surface area contributed by atoms with Crippen LogP contribution in [0.15, 0.2) is 30.3 Å². The van der Waals surface area contributed by atoms with Crippen LogP contribution in [0.4, 0.5) is 4.79 Å². The number of nitrogens with one attached hydrogen (secondary N) is 3. The molecule has 7 heteroatoms. The third kappa shape index (κ3) is 4.79. The average molecular weight is 291 g/mol. The Hall–Kier alpha value is -2.57. The third-order valence-corrected chi connectivity index (χ3v) is 2.95. The number of carbonyl (C=O) groups is 3. The molecule has 1 aromatic carbocycles. The lowest BCUT2D eigenvalue weighted by atomic mass is 10.2. The Kier molecular flexibility index (Phi) is 5.14. The number of para-hydroxylation sites is 1. The van der Waals surface area contributed by atoms with E-state index in [4.69, 9.17) is 4.74 Å². The monoisotopic (exact) mass is 291 g/mol. The maximum atomic E-state index is 11.6. The van der Waals surface area contributed by atoms with Crippen molar-refractivity contribution in [1.82, 2.24) is 16.0 Å². The number of ether oxygens (including phenoxy) is 1. The van der Waals surface area contributed by atoms with Gasteiger partial charge in [0, 0.05) is 6.54 Å². The molecule has 0 aliphatic carbocycles. The minimum atomic E-state index is -0.571. The van der Waals surface area contributed by atoms with Gasteiger partial charge in [0.1, 0.15) is 11.8 Å². The summed E-state index contributed by atoms with van der Waals surface area (Å²) in [6.07, 6.45) is 0.598. The number of amides is 4. The molecule has 1 aliphatic rings. The highest BCUT2D eigenvalue weighted by Gasteiger charge is 2.28. The van der Waals surface area contributed by atoms with E-state index in [9.17, 15) is 14.4 Å². The number of carbonyl (C=O) groups excluding carboxylic acids is 3. The van der Waals surface area contributed by atoms with Gasteiger partial charge in [-0.3, -0.25) is 14.9 Å². The minimum absolute atomic E-state index is 0.157. The molecule has 1 unspecified atom stereocenters. The van der Waals surface area contributed by atoms with Gasteiger partial charge < -0.3 is 15.4 Å². The lowest BCUT2D eigenvalue weighted by molar-refractivity contribution is -0.122. The zero-order chi connectivity index (χ0) is 15.1. The van der Waals surface area contributed by atoms with E-state index in [-0.39, 0.29) is 24.8 Å². The molecule has 1 saturated heterocycles. The molecular formula is C14H17N3O4. The van der Waals surface area contributed by atoms with Gasteiger partial charge >= 0.3 is 6.03 Å². The first-order chi connectivity index (χ1) is 10.1. The molecule has 0 saturated carbocycles. The highest BCUT2D eigenvalue weighted by molar-refractivity contribution is 6.04. The van der Waals surface area contributed by atoms with Crippen molar-refractivity contribution in [3.8, 4) is 5.75 Å².